The molecular formula is C22H18F3NO3S. The average molecular weight is 433 g/mol. The molecule has 0 bridgehead atoms. The number of ketones is 1. The summed E-state index contributed by atoms with van der Waals surface area (Å²) >= 11 is 1.26. The van der Waals surface area contributed by atoms with Crippen LogP contribution in [0.25, 0.3) is 0 Å². The van der Waals surface area contributed by atoms with Gasteiger partial charge in [-0.25, -0.2) is 0 Å². The van der Waals surface area contributed by atoms with Crippen LogP contribution in [0.1, 0.15) is 43.6 Å². The number of hydrogen-bond donors (Lipinski definition) is 1. The molecule has 1 aromatic heterocycles. The number of nitrogens with one attached hydrogen (secondary N) is 1. The van der Waals surface area contributed by atoms with Crippen molar-refractivity contribution in [3.63, 3.8) is 0 Å². The Balaban J connectivity index is 1.86. The van der Waals surface area contributed by atoms with Gasteiger partial charge in [0.05, 0.1) is 18.2 Å². The molecule has 0 atom stereocenters. The van der Waals surface area contributed by atoms with Gasteiger partial charge in [-0.2, -0.15) is 13.2 Å². The number of hydrogen-bond acceptors (Lipinski definition) is 4. The van der Waals surface area contributed by atoms with E-state index in [2.05, 4.69) is 5.32 Å². The molecule has 0 aliphatic heterocycles. The molecule has 30 heavy (non-hydrogen) atoms. The van der Waals surface area contributed by atoms with Crippen LogP contribution < -0.4 is 10.1 Å². The maximum absolute atomic E-state index is 13.0. The molecule has 2 aromatic carbocycles. The predicted molar refractivity (Wildman–Crippen MR) is 110 cm³/mol. The first-order chi connectivity index (χ1) is 14.2. The van der Waals surface area contributed by atoms with Gasteiger partial charge in [-0.15, -0.1) is 11.3 Å². The molecule has 8 heteroatoms. The summed E-state index contributed by atoms with van der Waals surface area (Å²) in [4.78, 5) is 26.4. The second-order valence-electron chi connectivity index (χ2n) is 6.40. The van der Waals surface area contributed by atoms with E-state index < -0.39 is 17.6 Å². The Morgan fingerprint density at radius 2 is 1.60 bits per heavy atom. The lowest BCUT2D eigenvalue weighted by molar-refractivity contribution is -0.137. The highest BCUT2D eigenvalue weighted by Crippen LogP contribution is 2.32. The summed E-state index contributed by atoms with van der Waals surface area (Å²) in [5.74, 6) is -0.240. The zero-order chi connectivity index (χ0) is 21.9. The number of rotatable bonds is 6. The molecule has 0 spiro atoms. The van der Waals surface area contributed by atoms with Crippen LogP contribution >= 0.6 is 11.3 Å². The number of methoxy groups -OCH3 is 1. The van der Waals surface area contributed by atoms with Crippen molar-refractivity contribution < 1.29 is 27.5 Å². The van der Waals surface area contributed by atoms with Crippen LogP contribution in [-0.4, -0.2) is 18.8 Å². The van der Waals surface area contributed by atoms with Crippen LogP contribution in [0.5, 0.6) is 5.75 Å². The van der Waals surface area contributed by atoms with E-state index in [0.717, 1.165) is 29.1 Å². The topological polar surface area (TPSA) is 55.4 Å². The van der Waals surface area contributed by atoms with Crippen LogP contribution in [0, 0.1) is 0 Å². The standard InChI is InChI=1S/C22H18F3NO3S/c1-3-17-12-18(19(27)13-6-10-16(29-2)11-7-13)21(30-17)26-20(28)14-4-8-15(9-5-14)22(23,24)25/h4-12H,3H2,1-2H3,(H,26,28). The molecule has 0 fully saturated rings. The Morgan fingerprint density at radius 3 is 2.13 bits per heavy atom. The molecule has 3 rings (SSSR count). The Bertz CT molecular complexity index is 1050. The van der Waals surface area contributed by atoms with Crippen molar-refractivity contribution in [2.45, 2.75) is 19.5 Å². The first kappa shape index (κ1) is 21.6. The lowest BCUT2D eigenvalue weighted by Crippen LogP contribution is -2.14. The minimum atomic E-state index is -4.48. The third-order valence-corrected chi connectivity index (χ3v) is 5.62. The van der Waals surface area contributed by atoms with E-state index in [9.17, 15) is 22.8 Å². The molecule has 3 aromatic rings. The molecule has 0 aliphatic carbocycles. The van der Waals surface area contributed by atoms with Gasteiger partial charge in [0.2, 0.25) is 0 Å². The van der Waals surface area contributed by atoms with Gasteiger partial charge >= 0.3 is 6.18 Å². The van der Waals surface area contributed by atoms with E-state index in [0.29, 0.717) is 28.3 Å². The third kappa shape index (κ3) is 4.71. The molecule has 4 nitrogen and oxygen atoms in total. The number of carbonyl (C=O) groups is 2. The summed E-state index contributed by atoms with van der Waals surface area (Å²) in [5.41, 5.74) is -0.000305. The Hall–Kier alpha value is -3.13. The minimum absolute atomic E-state index is 0.0669. The highest BCUT2D eigenvalue weighted by atomic mass is 32.1. The second-order valence-corrected chi connectivity index (χ2v) is 7.53. The van der Waals surface area contributed by atoms with Crippen molar-refractivity contribution in [1.29, 1.82) is 0 Å². The Morgan fingerprint density at radius 1 is 1.00 bits per heavy atom. The Kier molecular flexibility index (Phi) is 6.26. The lowest BCUT2D eigenvalue weighted by Gasteiger charge is -2.09. The lowest BCUT2D eigenvalue weighted by atomic mass is 10.0. The predicted octanol–water partition coefficient (Wildman–Crippen LogP) is 5.82. The van der Waals surface area contributed by atoms with E-state index in [4.69, 9.17) is 4.74 Å². The van der Waals surface area contributed by atoms with Crippen molar-refractivity contribution in [2.75, 3.05) is 12.4 Å². The first-order valence-corrected chi connectivity index (χ1v) is 9.84. The number of aryl methyl sites for hydroxylation is 1. The average Bonchev–Trinajstić information content (AvgIpc) is 3.15. The smallest absolute Gasteiger partial charge is 0.416 e. The summed E-state index contributed by atoms with van der Waals surface area (Å²) in [6.07, 6.45) is -3.81. The van der Waals surface area contributed by atoms with Crippen LogP contribution in [0.4, 0.5) is 18.2 Å². The van der Waals surface area contributed by atoms with Gasteiger partial charge in [-0.1, -0.05) is 6.92 Å². The van der Waals surface area contributed by atoms with E-state index >= 15 is 0 Å². The van der Waals surface area contributed by atoms with Crippen LogP contribution in [-0.2, 0) is 12.6 Å². The van der Waals surface area contributed by atoms with Crippen molar-refractivity contribution in [1.82, 2.24) is 0 Å². The number of anilines is 1. The highest BCUT2D eigenvalue weighted by molar-refractivity contribution is 7.16. The number of amides is 1. The van der Waals surface area contributed by atoms with E-state index in [1.54, 1.807) is 30.3 Å². The summed E-state index contributed by atoms with van der Waals surface area (Å²) < 4.78 is 43.2. The van der Waals surface area contributed by atoms with Gasteiger partial charge in [-0.3, -0.25) is 9.59 Å². The van der Waals surface area contributed by atoms with E-state index in [1.807, 2.05) is 6.92 Å². The fraction of sp³-hybridized carbons (Fsp3) is 0.182. The maximum Gasteiger partial charge on any atom is 0.416 e. The minimum Gasteiger partial charge on any atom is -0.497 e. The molecule has 1 amide bonds. The van der Waals surface area contributed by atoms with Crippen molar-refractivity contribution in [3.05, 3.63) is 81.7 Å². The van der Waals surface area contributed by atoms with Crippen LogP contribution in [0.15, 0.2) is 54.6 Å². The van der Waals surface area contributed by atoms with Gasteiger partial charge in [0.15, 0.2) is 5.78 Å². The summed E-state index contributed by atoms with van der Waals surface area (Å²) in [5, 5.41) is 3.02. The molecule has 1 heterocycles. The fourth-order valence-electron chi connectivity index (χ4n) is 2.76. The maximum atomic E-state index is 13.0. The second kappa shape index (κ2) is 8.71. The van der Waals surface area contributed by atoms with Gasteiger partial charge in [0.1, 0.15) is 10.8 Å². The SMILES string of the molecule is CCc1cc(C(=O)c2ccc(OC)cc2)c(NC(=O)c2ccc(C(F)(F)F)cc2)s1. The summed E-state index contributed by atoms with van der Waals surface area (Å²) in [7, 11) is 1.53. The monoisotopic (exact) mass is 433 g/mol. The number of ether oxygens (including phenoxy) is 1. The number of thiophene rings is 1. The zero-order valence-corrected chi connectivity index (χ0v) is 17.0. The molecule has 156 valence electrons. The first-order valence-electron chi connectivity index (χ1n) is 9.03. The molecule has 0 saturated carbocycles. The van der Waals surface area contributed by atoms with Gasteiger partial charge in [0.25, 0.3) is 5.91 Å². The molecular weight excluding hydrogens is 415 g/mol. The number of halogens is 3. The van der Waals surface area contributed by atoms with Crippen molar-refractivity contribution in [3.8, 4) is 5.75 Å². The number of carbonyl (C=O) groups excluding carboxylic acids is 2. The third-order valence-electron chi connectivity index (χ3n) is 4.43. The zero-order valence-electron chi connectivity index (χ0n) is 16.2. The Labute approximate surface area is 175 Å². The molecule has 1 N–H and O–H groups in total. The van der Waals surface area contributed by atoms with Crippen LogP contribution in [0.3, 0.4) is 0 Å². The quantitative estimate of drug-likeness (QED) is 0.498. The summed E-state index contributed by atoms with van der Waals surface area (Å²) in [6.45, 7) is 1.93. The largest absolute Gasteiger partial charge is 0.497 e. The van der Waals surface area contributed by atoms with Crippen molar-refractivity contribution in [2.24, 2.45) is 0 Å². The number of benzene rings is 2. The van der Waals surface area contributed by atoms with Crippen LogP contribution in [0.2, 0.25) is 0 Å². The molecule has 0 aliphatic rings. The normalized spacial score (nSPS) is 11.2. The molecule has 0 unspecified atom stereocenters. The summed E-state index contributed by atoms with van der Waals surface area (Å²) in [6, 6.07) is 12.2. The van der Waals surface area contributed by atoms with Gasteiger partial charge in [-0.05, 0) is 61.0 Å². The van der Waals surface area contributed by atoms with Gasteiger partial charge in [0, 0.05) is 16.0 Å². The molecule has 0 radical (unpaired) electrons. The van der Waals surface area contributed by atoms with Crippen molar-refractivity contribution >= 4 is 28.0 Å². The number of alkyl halides is 3. The van der Waals surface area contributed by atoms with Gasteiger partial charge < -0.3 is 10.1 Å². The highest BCUT2D eigenvalue weighted by Gasteiger charge is 2.30. The van der Waals surface area contributed by atoms with E-state index in [-0.39, 0.29) is 11.3 Å². The molecule has 0 saturated heterocycles. The fourth-order valence-corrected chi connectivity index (χ4v) is 3.75. The van der Waals surface area contributed by atoms with E-state index in [1.165, 1.54) is 18.4 Å².